The molecule has 1 aliphatic rings. The number of amides is 1. The van der Waals surface area contributed by atoms with Gasteiger partial charge in [-0.3, -0.25) is 4.79 Å². The van der Waals surface area contributed by atoms with Gasteiger partial charge in [-0.2, -0.15) is 4.99 Å². The number of carbonyl (C=O) groups is 2. The van der Waals surface area contributed by atoms with Crippen molar-refractivity contribution in [1.82, 2.24) is 0 Å². The highest BCUT2D eigenvalue weighted by Gasteiger charge is 2.19. The molecule has 0 aliphatic carbocycles. The number of benzene rings is 1. The second-order valence-electron chi connectivity index (χ2n) is 4.03. The Morgan fingerprint density at radius 1 is 1.45 bits per heavy atom. The Balaban J connectivity index is 2.08. The molecule has 0 spiro atoms. The van der Waals surface area contributed by atoms with E-state index in [-0.39, 0.29) is 11.1 Å². The van der Waals surface area contributed by atoms with Gasteiger partial charge in [0.25, 0.3) is 5.91 Å². The van der Waals surface area contributed by atoms with Crippen molar-refractivity contribution in [2.24, 2.45) is 10.7 Å². The zero-order valence-electron chi connectivity index (χ0n) is 10.6. The Morgan fingerprint density at radius 3 is 2.60 bits per heavy atom. The highest BCUT2D eigenvalue weighted by Crippen LogP contribution is 2.26. The van der Waals surface area contributed by atoms with Crippen molar-refractivity contribution in [3.63, 3.8) is 0 Å². The molecule has 1 heterocycles. The predicted octanol–water partition coefficient (Wildman–Crippen LogP) is 1.47. The fraction of sp³-hybridized carbons (Fsp3) is 0.154. The van der Waals surface area contributed by atoms with Gasteiger partial charge in [-0.05, 0) is 42.5 Å². The third-order valence-electron chi connectivity index (χ3n) is 2.48. The summed E-state index contributed by atoms with van der Waals surface area (Å²) in [5.41, 5.74) is 6.23. The van der Waals surface area contributed by atoms with Gasteiger partial charge in [-0.25, -0.2) is 4.79 Å². The topological polar surface area (TPSA) is 102 Å². The number of aliphatic imine (C=N–C) groups is 1. The van der Waals surface area contributed by atoms with E-state index >= 15 is 0 Å². The molecule has 0 saturated heterocycles. The number of carboxylic acid groups (broad SMARTS) is 1. The molecule has 1 amide bonds. The Bertz CT molecular complexity index is 607. The first-order valence-electron chi connectivity index (χ1n) is 5.73. The van der Waals surface area contributed by atoms with Crippen LogP contribution in [0.5, 0.6) is 5.75 Å². The summed E-state index contributed by atoms with van der Waals surface area (Å²) < 4.78 is 5.20. The van der Waals surface area contributed by atoms with Crippen molar-refractivity contribution in [3.05, 3.63) is 34.7 Å². The minimum Gasteiger partial charge on any atom is -0.479 e. The van der Waals surface area contributed by atoms with E-state index < -0.39 is 12.1 Å². The minimum atomic E-state index is -1.03. The molecule has 1 aliphatic heterocycles. The van der Waals surface area contributed by atoms with E-state index in [1.54, 1.807) is 30.3 Å². The van der Waals surface area contributed by atoms with Gasteiger partial charge in [-0.15, -0.1) is 0 Å². The van der Waals surface area contributed by atoms with Gasteiger partial charge < -0.3 is 15.6 Å². The zero-order valence-corrected chi connectivity index (χ0v) is 11.4. The summed E-state index contributed by atoms with van der Waals surface area (Å²) >= 11 is 1.12. The average Bonchev–Trinajstić information content (AvgIpc) is 2.70. The third-order valence-corrected chi connectivity index (χ3v) is 3.29. The van der Waals surface area contributed by atoms with E-state index in [0.717, 1.165) is 17.3 Å². The van der Waals surface area contributed by atoms with Crippen molar-refractivity contribution in [1.29, 1.82) is 0 Å². The van der Waals surface area contributed by atoms with Gasteiger partial charge in [0.1, 0.15) is 5.75 Å². The number of ether oxygens (including phenoxy) is 1. The molecule has 1 aromatic carbocycles. The number of rotatable bonds is 4. The Hall–Kier alpha value is -2.28. The lowest BCUT2D eigenvalue weighted by atomic mass is 10.2. The number of aliphatic carboxylic acids is 1. The van der Waals surface area contributed by atoms with Crippen molar-refractivity contribution in [2.75, 3.05) is 0 Å². The molecule has 0 unspecified atom stereocenters. The van der Waals surface area contributed by atoms with Crippen LogP contribution in [0.1, 0.15) is 12.5 Å². The maximum Gasteiger partial charge on any atom is 0.344 e. The first-order chi connectivity index (χ1) is 9.45. The molecule has 0 radical (unpaired) electrons. The molecule has 0 aromatic heterocycles. The summed E-state index contributed by atoms with van der Waals surface area (Å²) in [5.74, 6) is -0.938. The molecular weight excluding hydrogens is 280 g/mol. The Labute approximate surface area is 119 Å². The van der Waals surface area contributed by atoms with Gasteiger partial charge in [0.15, 0.2) is 11.3 Å². The Kier molecular flexibility index (Phi) is 4.09. The minimum absolute atomic E-state index is 0.233. The molecule has 20 heavy (non-hydrogen) atoms. The molecular formula is C13H12N2O4S. The van der Waals surface area contributed by atoms with Crippen molar-refractivity contribution in [2.45, 2.75) is 13.0 Å². The Morgan fingerprint density at radius 2 is 2.10 bits per heavy atom. The zero-order chi connectivity index (χ0) is 14.7. The normalized spacial score (nSPS) is 17.9. The molecule has 1 aromatic rings. The number of nitrogens with two attached hydrogens (primary N) is 1. The summed E-state index contributed by atoms with van der Waals surface area (Å²) in [5, 5.41) is 8.98. The molecule has 6 nitrogen and oxygen atoms in total. The number of carboxylic acids is 1. The van der Waals surface area contributed by atoms with Crippen LogP contribution in [0.25, 0.3) is 6.08 Å². The maximum absolute atomic E-state index is 11.4. The van der Waals surface area contributed by atoms with Gasteiger partial charge in [0, 0.05) is 0 Å². The second kappa shape index (κ2) is 5.79. The number of nitrogens with zero attached hydrogens (tertiary/aromatic N) is 1. The van der Waals surface area contributed by atoms with Crippen LogP contribution in [0.15, 0.2) is 34.2 Å². The summed E-state index contributed by atoms with van der Waals surface area (Å²) in [4.78, 5) is 26.2. The lowest BCUT2D eigenvalue weighted by Crippen LogP contribution is -2.22. The number of carbonyl (C=O) groups excluding carboxylic acids is 1. The van der Waals surface area contributed by atoms with E-state index in [4.69, 9.17) is 15.6 Å². The summed E-state index contributed by atoms with van der Waals surface area (Å²) in [6.07, 6.45) is 0.750. The molecule has 0 fully saturated rings. The monoisotopic (exact) mass is 292 g/mol. The SMILES string of the molecule is C[C@@H](Oc1ccc(/C=C2/SC(N)=NC2=O)cc1)C(=O)O. The highest BCUT2D eigenvalue weighted by atomic mass is 32.2. The number of amidine groups is 1. The second-order valence-corrected chi connectivity index (χ2v) is 5.10. The van der Waals surface area contributed by atoms with Crippen LogP contribution in [0.2, 0.25) is 0 Å². The van der Waals surface area contributed by atoms with Gasteiger partial charge in [0.05, 0.1) is 4.91 Å². The average molecular weight is 292 g/mol. The van der Waals surface area contributed by atoms with Crippen LogP contribution < -0.4 is 10.5 Å². The van der Waals surface area contributed by atoms with Crippen LogP contribution in [-0.4, -0.2) is 28.3 Å². The van der Waals surface area contributed by atoms with Gasteiger partial charge in [0.2, 0.25) is 0 Å². The van der Waals surface area contributed by atoms with E-state index in [9.17, 15) is 9.59 Å². The van der Waals surface area contributed by atoms with Crippen LogP contribution >= 0.6 is 11.8 Å². The van der Waals surface area contributed by atoms with E-state index in [0.29, 0.717) is 10.7 Å². The molecule has 1 atom stereocenters. The summed E-state index contributed by atoms with van der Waals surface area (Å²) in [6, 6.07) is 6.72. The maximum atomic E-state index is 11.4. The van der Waals surface area contributed by atoms with Gasteiger partial charge >= 0.3 is 5.97 Å². The predicted molar refractivity (Wildman–Crippen MR) is 76.4 cm³/mol. The molecule has 3 N–H and O–H groups in total. The van der Waals surface area contributed by atoms with Crippen LogP contribution in [-0.2, 0) is 9.59 Å². The molecule has 0 bridgehead atoms. The van der Waals surface area contributed by atoms with Crippen molar-refractivity contribution >= 4 is 34.9 Å². The fourth-order valence-electron chi connectivity index (χ4n) is 1.47. The van der Waals surface area contributed by atoms with Gasteiger partial charge in [-0.1, -0.05) is 12.1 Å². The molecule has 104 valence electrons. The molecule has 7 heteroatoms. The molecule has 2 rings (SSSR count). The van der Waals surface area contributed by atoms with Crippen LogP contribution in [0.3, 0.4) is 0 Å². The quantitative estimate of drug-likeness (QED) is 0.815. The van der Waals surface area contributed by atoms with Crippen molar-refractivity contribution < 1.29 is 19.4 Å². The largest absolute Gasteiger partial charge is 0.479 e. The number of hydrogen-bond acceptors (Lipinski definition) is 5. The summed E-state index contributed by atoms with van der Waals surface area (Å²) in [7, 11) is 0. The smallest absolute Gasteiger partial charge is 0.344 e. The number of hydrogen-bond donors (Lipinski definition) is 2. The van der Waals surface area contributed by atoms with Crippen LogP contribution in [0.4, 0.5) is 0 Å². The lowest BCUT2D eigenvalue weighted by Gasteiger charge is -2.10. The van der Waals surface area contributed by atoms with E-state index in [1.807, 2.05) is 0 Å². The van der Waals surface area contributed by atoms with Crippen LogP contribution in [0, 0.1) is 0 Å². The molecule has 0 saturated carbocycles. The lowest BCUT2D eigenvalue weighted by molar-refractivity contribution is -0.144. The number of thioether (sulfide) groups is 1. The van der Waals surface area contributed by atoms with E-state index in [1.165, 1.54) is 6.92 Å². The first-order valence-corrected chi connectivity index (χ1v) is 6.55. The highest BCUT2D eigenvalue weighted by molar-refractivity contribution is 8.18. The third kappa shape index (κ3) is 3.39. The standard InChI is InChI=1S/C13H12N2O4S/c1-7(12(17)18)19-9-4-2-8(3-5-9)6-10-11(16)15-13(14)20-10/h2-7H,1H3,(H,17,18)(H2,14,15,16)/b10-6+/t7-/m1/s1. The van der Waals surface area contributed by atoms with Crippen molar-refractivity contribution in [3.8, 4) is 5.75 Å². The van der Waals surface area contributed by atoms with E-state index in [2.05, 4.69) is 4.99 Å². The summed E-state index contributed by atoms with van der Waals surface area (Å²) in [6.45, 7) is 1.45. The fourth-order valence-corrected chi connectivity index (χ4v) is 2.16. The first kappa shape index (κ1) is 14.1.